The second-order valence-electron chi connectivity index (χ2n) is 3.77. The fourth-order valence-corrected chi connectivity index (χ4v) is 2.21. The summed E-state index contributed by atoms with van der Waals surface area (Å²) in [5.74, 6) is -0.475. The third kappa shape index (κ3) is 3.18. The molecule has 1 amide bonds. The van der Waals surface area contributed by atoms with E-state index in [1.165, 1.54) is 18.2 Å². The summed E-state index contributed by atoms with van der Waals surface area (Å²) in [6, 6.07) is 13.8. The van der Waals surface area contributed by atoms with E-state index in [0.717, 1.165) is 6.07 Å². The summed E-state index contributed by atoms with van der Waals surface area (Å²) in [6.07, 6.45) is 0. The minimum atomic E-state index is -4.63. The normalized spacial score (nSPS) is 11.0. The highest BCUT2D eigenvalue weighted by Crippen LogP contribution is 2.21. The third-order valence-corrected chi connectivity index (χ3v) is 3.34. The van der Waals surface area contributed by atoms with Crippen molar-refractivity contribution in [1.29, 1.82) is 0 Å². The van der Waals surface area contributed by atoms with Crippen LogP contribution in [0.15, 0.2) is 59.5 Å². The van der Waals surface area contributed by atoms with E-state index in [9.17, 15) is 17.8 Å². The highest BCUT2D eigenvalue weighted by Gasteiger charge is 2.18. The van der Waals surface area contributed by atoms with Crippen LogP contribution in [0.1, 0.15) is 10.4 Å². The maximum Gasteiger partial charge on any atom is 0.326 e. The zero-order valence-corrected chi connectivity index (χ0v) is 10.6. The Labute approximate surface area is 110 Å². The van der Waals surface area contributed by atoms with E-state index in [1.54, 1.807) is 30.3 Å². The minimum absolute atomic E-state index is 0.0219. The van der Waals surface area contributed by atoms with Gasteiger partial charge in [-0.15, -0.1) is 0 Å². The van der Waals surface area contributed by atoms with Gasteiger partial charge in [-0.25, -0.2) is 0 Å². The van der Waals surface area contributed by atoms with Crippen molar-refractivity contribution < 1.29 is 17.8 Å². The molecule has 0 saturated carbocycles. The standard InChI is InChI=1S/C13H10NO4S/c15-13(10-6-2-1-3-7-10)14-11-8-4-5-9-12(11)19(16,17)18/h1-9H,(H,14,15). The minimum Gasteiger partial charge on any atom is -0.321 e. The molecule has 97 valence electrons. The summed E-state index contributed by atoms with van der Waals surface area (Å²) < 4.78 is 33.2. The van der Waals surface area contributed by atoms with Crippen LogP contribution in [0, 0.1) is 0 Å². The van der Waals surface area contributed by atoms with Crippen LogP contribution in [0.5, 0.6) is 0 Å². The summed E-state index contributed by atoms with van der Waals surface area (Å²) in [7, 11) is -4.63. The van der Waals surface area contributed by atoms with E-state index >= 15 is 0 Å². The van der Waals surface area contributed by atoms with E-state index in [0.29, 0.717) is 5.56 Å². The highest BCUT2D eigenvalue weighted by atomic mass is 32.2. The summed E-state index contributed by atoms with van der Waals surface area (Å²) in [6.45, 7) is 0. The molecule has 0 atom stereocenters. The molecular weight excluding hydrogens is 266 g/mol. The monoisotopic (exact) mass is 276 g/mol. The second-order valence-corrected chi connectivity index (χ2v) is 5.12. The SMILES string of the molecule is [O]S(=O)(=O)c1ccccc1NC(=O)c1ccccc1. The average Bonchev–Trinajstić information content (AvgIpc) is 2.39. The van der Waals surface area contributed by atoms with Crippen molar-refractivity contribution >= 4 is 21.7 Å². The maximum atomic E-state index is 11.9. The lowest BCUT2D eigenvalue weighted by molar-refractivity contribution is 0.102. The predicted molar refractivity (Wildman–Crippen MR) is 68.7 cm³/mol. The van der Waals surface area contributed by atoms with Gasteiger partial charge in [0.05, 0.1) is 5.69 Å². The van der Waals surface area contributed by atoms with Gasteiger partial charge >= 0.3 is 10.1 Å². The first-order chi connectivity index (χ1) is 8.98. The Morgan fingerprint density at radius 1 is 0.895 bits per heavy atom. The van der Waals surface area contributed by atoms with Gasteiger partial charge in [0.1, 0.15) is 4.90 Å². The van der Waals surface area contributed by atoms with E-state index in [-0.39, 0.29) is 5.69 Å². The summed E-state index contributed by atoms with van der Waals surface area (Å²) in [5, 5.41) is 2.42. The van der Waals surface area contributed by atoms with Crippen LogP contribution in [0.25, 0.3) is 0 Å². The van der Waals surface area contributed by atoms with Crippen LogP contribution in [-0.4, -0.2) is 14.3 Å². The molecule has 19 heavy (non-hydrogen) atoms. The largest absolute Gasteiger partial charge is 0.326 e. The number of hydrogen-bond donors (Lipinski definition) is 1. The van der Waals surface area contributed by atoms with Crippen molar-refractivity contribution in [2.45, 2.75) is 4.90 Å². The van der Waals surface area contributed by atoms with Crippen molar-refractivity contribution in [2.24, 2.45) is 0 Å². The molecule has 0 aliphatic carbocycles. The molecule has 0 spiro atoms. The number of amides is 1. The van der Waals surface area contributed by atoms with Crippen molar-refractivity contribution in [1.82, 2.24) is 0 Å². The fourth-order valence-electron chi connectivity index (χ4n) is 1.57. The van der Waals surface area contributed by atoms with Gasteiger partial charge in [-0.05, 0) is 24.3 Å². The van der Waals surface area contributed by atoms with Crippen molar-refractivity contribution in [2.75, 3.05) is 5.32 Å². The maximum absolute atomic E-state index is 11.9. The van der Waals surface area contributed by atoms with E-state index in [1.807, 2.05) is 0 Å². The van der Waals surface area contributed by atoms with Gasteiger partial charge in [-0.2, -0.15) is 8.42 Å². The smallest absolute Gasteiger partial charge is 0.321 e. The molecule has 0 unspecified atom stereocenters. The zero-order valence-electron chi connectivity index (χ0n) is 9.74. The van der Waals surface area contributed by atoms with Gasteiger partial charge < -0.3 is 5.32 Å². The molecule has 0 aromatic heterocycles. The lowest BCUT2D eigenvalue weighted by Crippen LogP contribution is -2.14. The molecule has 0 fully saturated rings. The third-order valence-electron chi connectivity index (χ3n) is 2.44. The van der Waals surface area contributed by atoms with Crippen LogP contribution >= 0.6 is 0 Å². The van der Waals surface area contributed by atoms with Crippen LogP contribution in [-0.2, 0) is 14.7 Å². The average molecular weight is 276 g/mol. The van der Waals surface area contributed by atoms with E-state index < -0.39 is 20.9 Å². The van der Waals surface area contributed by atoms with Gasteiger partial charge in [-0.3, -0.25) is 4.79 Å². The van der Waals surface area contributed by atoms with Crippen molar-refractivity contribution in [3.05, 3.63) is 60.2 Å². The molecule has 0 saturated heterocycles. The lowest BCUT2D eigenvalue weighted by Gasteiger charge is -2.08. The van der Waals surface area contributed by atoms with Crippen LogP contribution < -0.4 is 5.32 Å². The Kier molecular flexibility index (Phi) is 3.64. The molecule has 6 heteroatoms. The van der Waals surface area contributed by atoms with Gasteiger partial charge in [0, 0.05) is 5.56 Å². The van der Waals surface area contributed by atoms with Gasteiger partial charge in [0.25, 0.3) is 5.91 Å². The number of para-hydroxylation sites is 1. The quantitative estimate of drug-likeness (QED) is 0.931. The Balaban J connectivity index is 2.33. The lowest BCUT2D eigenvalue weighted by atomic mass is 10.2. The topological polar surface area (TPSA) is 83.1 Å². The van der Waals surface area contributed by atoms with Crippen LogP contribution in [0.2, 0.25) is 0 Å². The molecule has 2 aromatic carbocycles. The number of benzene rings is 2. The molecule has 0 bridgehead atoms. The summed E-state index contributed by atoms with van der Waals surface area (Å²) >= 11 is 0. The Morgan fingerprint density at radius 3 is 2.11 bits per heavy atom. The first-order valence-electron chi connectivity index (χ1n) is 5.40. The van der Waals surface area contributed by atoms with Gasteiger partial charge in [-0.1, -0.05) is 34.9 Å². The first kappa shape index (κ1) is 13.3. The van der Waals surface area contributed by atoms with Crippen molar-refractivity contribution in [3.63, 3.8) is 0 Å². The summed E-state index contributed by atoms with van der Waals surface area (Å²) in [5.41, 5.74) is 0.354. The Morgan fingerprint density at radius 2 is 1.47 bits per heavy atom. The number of anilines is 1. The number of hydrogen-bond acceptors (Lipinski definition) is 3. The molecule has 0 aliphatic heterocycles. The van der Waals surface area contributed by atoms with E-state index in [4.69, 9.17) is 0 Å². The van der Waals surface area contributed by atoms with Gasteiger partial charge in [0.15, 0.2) is 0 Å². The fraction of sp³-hybridized carbons (Fsp3) is 0. The Bertz CT molecular complexity index is 696. The molecular formula is C13H10NO4S. The molecule has 1 radical (unpaired) electrons. The van der Waals surface area contributed by atoms with Crippen LogP contribution in [0.4, 0.5) is 5.69 Å². The van der Waals surface area contributed by atoms with Crippen molar-refractivity contribution in [3.8, 4) is 0 Å². The molecule has 0 heterocycles. The predicted octanol–water partition coefficient (Wildman–Crippen LogP) is 2.06. The highest BCUT2D eigenvalue weighted by molar-refractivity contribution is 7.85. The molecule has 5 nitrogen and oxygen atoms in total. The van der Waals surface area contributed by atoms with E-state index in [2.05, 4.69) is 5.32 Å². The number of carbonyl (C=O) groups is 1. The summed E-state index contributed by atoms with van der Waals surface area (Å²) in [4.78, 5) is 11.4. The number of nitrogens with one attached hydrogen (secondary N) is 1. The molecule has 2 rings (SSSR count). The molecule has 0 aliphatic rings. The second kappa shape index (κ2) is 5.21. The molecule has 2 aromatic rings. The molecule has 1 N–H and O–H groups in total. The first-order valence-corrected chi connectivity index (χ1v) is 6.80. The zero-order chi connectivity index (χ0) is 13.9. The van der Waals surface area contributed by atoms with Gasteiger partial charge in [0.2, 0.25) is 0 Å². The van der Waals surface area contributed by atoms with Crippen LogP contribution in [0.3, 0.4) is 0 Å². The number of carbonyl (C=O) groups excluding carboxylic acids is 1. The Hall–Kier alpha value is -2.18. The number of rotatable bonds is 3.